The number of nitro groups is 1. The van der Waals surface area contributed by atoms with Gasteiger partial charge in [0.05, 0.1) is 11.5 Å². The summed E-state index contributed by atoms with van der Waals surface area (Å²) in [6.07, 6.45) is 0. The maximum absolute atomic E-state index is 13.1. The molecule has 142 valence electrons. The van der Waals surface area contributed by atoms with Crippen molar-refractivity contribution in [1.29, 1.82) is 0 Å². The van der Waals surface area contributed by atoms with Gasteiger partial charge in [-0.1, -0.05) is 6.07 Å². The van der Waals surface area contributed by atoms with Crippen LogP contribution in [0.5, 0.6) is 0 Å². The van der Waals surface area contributed by atoms with Gasteiger partial charge in [0.15, 0.2) is 0 Å². The van der Waals surface area contributed by atoms with Gasteiger partial charge < -0.3 is 15.5 Å². The predicted octanol–water partition coefficient (Wildman–Crippen LogP) is 2.88. The SMILES string of the molecule is CCNc1ccc(C(=O)N(C)CC(=O)Nc2cccc(F)c2)cc1[N+](=O)[O-]. The zero-order valence-electron chi connectivity index (χ0n) is 14.9. The Morgan fingerprint density at radius 1 is 1.22 bits per heavy atom. The lowest BCUT2D eigenvalue weighted by molar-refractivity contribution is -0.384. The van der Waals surface area contributed by atoms with Crippen LogP contribution in [0.1, 0.15) is 17.3 Å². The van der Waals surface area contributed by atoms with E-state index < -0.39 is 22.6 Å². The van der Waals surface area contributed by atoms with E-state index in [9.17, 15) is 24.1 Å². The molecule has 0 aliphatic rings. The summed E-state index contributed by atoms with van der Waals surface area (Å²) < 4.78 is 13.1. The average Bonchev–Trinajstić information content (AvgIpc) is 2.61. The highest BCUT2D eigenvalue weighted by atomic mass is 19.1. The summed E-state index contributed by atoms with van der Waals surface area (Å²) in [5.41, 5.74) is 0.446. The fraction of sp³-hybridized carbons (Fsp3) is 0.222. The molecule has 0 atom stereocenters. The van der Waals surface area contributed by atoms with Gasteiger partial charge in [-0.25, -0.2) is 4.39 Å². The van der Waals surface area contributed by atoms with Crippen LogP contribution in [0, 0.1) is 15.9 Å². The van der Waals surface area contributed by atoms with E-state index in [1.54, 1.807) is 6.92 Å². The van der Waals surface area contributed by atoms with Gasteiger partial charge in [0, 0.05) is 30.9 Å². The molecule has 2 aromatic carbocycles. The average molecular weight is 374 g/mol. The summed E-state index contributed by atoms with van der Waals surface area (Å²) in [7, 11) is 1.40. The van der Waals surface area contributed by atoms with Crippen molar-refractivity contribution in [3.05, 3.63) is 64.0 Å². The summed E-state index contributed by atoms with van der Waals surface area (Å²) >= 11 is 0. The van der Waals surface area contributed by atoms with Crippen LogP contribution in [-0.2, 0) is 4.79 Å². The molecular formula is C18H19FN4O4. The molecule has 0 saturated carbocycles. The second-order valence-electron chi connectivity index (χ2n) is 5.74. The van der Waals surface area contributed by atoms with E-state index in [2.05, 4.69) is 10.6 Å². The number of hydrogen-bond donors (Lipinski definition) is 2. The third-order valence-corrected chi connectivity index (χ3v) is 3.64. The Bertz CT molecular complexity index is 872. The molecule has 0 unspecified atom stereocenters. The minimum atomic E-state index is -0.578. The van der Waals surface area contributed by atoms with Crippen molar-refractivity contribution in [2.75, 3.05) is 30.8 Å². The van der Waals surface area contributed by atoms with Crippen LogP contribution < -0.4 is 10.6 Å². The maximum atomic E-state index is 13.1. The van der Waals surface area contributed by atoms with Crippen molar-refractivity contribution in [2.24, 2.45) is 0 Å². The lowest BCUT2D eigenvalue weighted by atomic mass is 10.1. The summed E-state index contributed by atoms with van der Waals surface area (Å²) in [4.78, 5) is 36.3. The Morgan fingerprint density at radius 2 is 1.96 bits per heavy atom. The van der Waals surface area contributed by atoms with Gasteiger partial charge in [-0.3, -0.25) is 19.7 Å². The summed E-state index contributed by atoms with van der Waals surface area (Å²) in [5.74, 6) is -1.56. The molecular weight excluding hydrogens is 355 g/mol. The summed E-state index contributed by atoms with van der Waals surface area (Å²) in [6.45, 7) is 2.00. The van der Waals surface area contributed by atoms with Crippen LogP contribution in [0.15, 0.2) is 42.5 Å². The Hall–Kier alpha value is -3.49. The third-order valence-electron chi connectivity index (χ3n) is 3.64. The van der Waals surface area contributed by atoms with Crippen molar-refractivity contribution >= 4 is 28.9 Å². The predicted molar refractivity (Wildman–Crippen MR) is 99.3 cm³/mol. The standard InChI is InChI=1S/C18H19FN4O4/c1-3-20-15-8-7-12(9-16(15)23(26)27)18(25)22(2)11-17(24)21-14-6-4-5-13(19)10-14/h4-10,20H,3,11H2,1-2H3,(H,21,24). The monoisotopic (exact) mass is 374 g/mol. The molecule has 0 radical (unpaired) electrons. The Kier molecular flexibility index (Phi) is 6.42. The first-order chi connectivity index (χ1) is 12.8. The Morgan fingerprint density at radius 3 is 2.59 bits per heavy atom. The first-order valence-electron chi connectivity index (χ1n) is 8.15. The zero-order chi connectivity index (χ0) is 20.0. The summed E-state index contributed by atoms with van der Waals surface area (Å²) in [6, 6.07) is 9.44. The van der Waals surface area contributed by atoms with E-state index in [1.165, 1.54) is 43.4 Å². The zero-order valence-corrected chi connectivity index (χ0v) is 14.9. The van der Waals surface area contributed by atoms with Gasteiger partial charge in [-0.15, -0.1) is 0 Å². The van der Waals surface area contributed by atoms with Crippen LogP contribution in [0.4, 0.5) is 21.5 Å². The fourth-order valence-corrected chi connectivity index (χ4v) is 2.43. The third kappa shape index (κ3) is 5.24. The molecule has 2 N–H and O–H groups in total. The number of benzene rings is 2. The Labute approximate surface area is 155 Å². The van der Waals surface area contributed by atoms with E-state index in [4.69, 9.17) is 0 Å². The smallest absolute Gasteiger partial charge is 0.293 e. The van der Waals surface area contributed by atoms with Crippen molar-refractivity contribution in [2.45, 2.75) is 6.92 Å². The molecule has 2 aromatic rings. The molecule has 0 aromatic heterocycles. The molecule has 0 saturated heterocycles. The number of nitrogens with zero attached hydrogens (tertiary/aromatic N) is 2. The van der Waals surface area contributed by atoms with E-state index in [0.29, 0.717) is 12.2 Å². The fourth-order valence-electron chi connectivity index (χ4n) is 2.43. The molecule has 8 nitrogen and oxygen atoms in total. The molecule has 0 aliphatic heterocycles. The van der Waals surface area contributed by atoms with E-state index >= 15 is 0 Å². The molecule has 27 heavy (non-hydrogen) atoms. The van der Waals surface area contributed by atoms with Crippen LogP contribution in [0.25, 0.3) is 0 Å². The van der Waals surface area contributed by atoms with Gasteiger partial charge in [-0.2, -0.15) is 0 Å². The van der Waals surface area contributed by atoms with Gasteiger partial charge in [-0.05, 0) is 37.3 Å². The van der Waals surface area contributed by atoms with Gasteiger partial charge in [0.25, 0.3) is 11.6 Å². The number of nitro benzene ring substituents is 1. The molecule has 0 aliphatic carbocycles. The highest BCUT2D eigenvalue weighted by Gasteiger charge is 2.20. The van der Waals surface area contributed by atoms with Crippen LogP contribution in [0.2, 0.25) is 0 Å². The van der Waals surface area contributed by atoms with Gasteiger partial charge in [0.2, 0.25) is 5.91 Å². The lowest BCUT2D eigenvalue weighted by Gasteiger charge is -2.17. The highest BCUT2D eigenvalue weighted by molar-refractivity contribution is 6.00. The molecule has 0 heterocycles. The number of likely N-dealkylation sites (N-methyl/N-ethyl adjacent to an activating group) is 1. The molecule has 0 spiro atoms. The van der Waals surface area contributed by atoms with Crippen molar-refractivity contribution in [1.82, 2.24) is 4.90 Å². The Balaban J connectivity index is 2.09. The van der Waals surface area contributed by atoms with E-state index in [1.807, 2.05) is 0 Å². The van der Waals surface area contributed by atoms with Crippen molar-refractivity contribution < 1.29 is 18.9 Å². The highest BCUT2D eigenvalue weighted by Crippen LogP contribution is 2.26. The molecule has 0 bridgehead atoms. The van der Waals surface area contributed by atoms with Crippen molar-refractivity contribution in [3.8, 4) is 0 Å². The molecule has 2 rings (SSSR count). The van der Waals surface area contributed by atoms with Gasteiger partial charge >= 0.3 is 0 Å². The second kappa shape index (κ2) is 8.75. The molecule has 9 heteroatoms. The minimum absolute atomic E-state index is 0.0874. The van der Waals surface area contributed by atoms with Crippen LogP contribution >= 0.6 is 0 Å². The van der Waals surface area contributed by atoms with E-state index in [0.717, 1.165) is 11.0 Å². The summed E-state index contributed by atoms with van der Waals surface area (Å²) in [5, 5.41) is 16.5. The lowest BCUT2D eigenvalue weighted by Crippen LogP contribution is -2.35. The second-order valence-corrected chi connectivity index (χ2v) is 5.74. The quantitative estimate of drug-likeness (QED) is 0.573. The normalized spacial score (nSPS) is 10.2. The number of rotatable bonds is 7. The van der Waals surface area contributed by atoms with E-state index in [-0.39, 0.29) is 23.5 Å². The first-order valence-corrected chi connectivity index (χ1v) is 8.15. The number of nitrogens with one attached hydrogen (secondary N) is 2. The van der Waals surface area contributed by atoms with Crippen LogP contribution in [-0.4, -0.2) is 41.8 Å². The van der Waals surface area contributed by atoms with Crippen LogP contribution in [0.3, 0.4) is 0 Å². The topological polar surface area (TPSA) is 105 Å². The number of carbonyl (C=O) groups excluding carboxylic acids is 2. The maximum Gasteiger partial charge on any atom is 0.293 e. The number of anilines is 2. The number of halogens is 1. The number of carbonyl (C=O) groups is 2. The number of hydrogen-bond acceptors (Lipinski definition) is 5. The largest absolute Gasteiger partial charge is 0.380 e. The molecule has 2 amide bonds. The van der Waals surface area contributed by atoms with Gasteiger partial charge in [0.1, 0.15) is 11.5 Å². The first kappa shape index (κ1) is 19.8. The number of amides is 2. The molecule has 0 fully saturated rings. The van der Waals surface area contributed by atoms with Crippen molar-refractivity contribution in [3.63, 3.8) is 0 Å². The minimum Gasteiger partial charge on any atom is -0.380 e.